The summed E-state index contributed by atoms with van der Waals surface area (Å²) in [6.45, 7) is 1.88. The second-order valence-corrected chi connectivity index (χ2v) is 4.82. The summed E-state index contributed by atoms with van der Waals surface area (Å²) in [5.74, 6) is -1.89. The van der Waals surface area contributed by atoms with Gasteiger partial charge in [-0.1, -0.05) is 0 Å². The van der Waals surface area contributed by atoms with Crippen LogP contribution in [-0.2, 0) is 6.18 Å². The third-order valence-corrected chi connectivity index (χ3v) is 3.16. The topological polar surface area (TPSA) is 24.9 Å². The van der Waals surface area contributed by atoms with Crippen molar-refractivity contribution in [3.63, 3.8) is 0 Å². The van der Waals surface area contributed by atoms with Crippen LogP contribution in [-0.4, -0.2) is 11.5 Å². The van der Waals surface area contributed by atoms with Gasteiger partial charge in [0.2, 0.25) is 0 Å². The van der Waals surface area contributed by atoms with Gasteiger partial charge in [-0.3, -0.25) is 0 Å². The third-order valence-electron chi connectivity index (χ3n) is 2.59. The predicted octanol–water partition coefficient (Wildman–Crippen LogP) is 4.73. The molecule has 0 unspecified atom stereocenters. The average Bonchev–Trinajstić information content (AvgIpc) is 2.34. The van der Waals surface area contributed by atoms with Crippen LogP contribution < -0.4 is 5.32 Å². The number of nitrogens with zero attached hydrogens (tertiary/aromatic N) is 1. The molecule has 20 heavy (non-hydrogen) atoms. The highest BCUT2D eigenvalue weighted by molar-refractivity contribution is 9.10. The summed E-state index contributed by atoms with van der Waals surface area (Å²) in [4.78, 5) is 3.19. The summed E-state index contributed by atoms with van der Waals surface area (Å²) >= 11 is 2.82. The first-order valence-corrected chi connectivity index (χ1v) is 6.34. The monoisotopic (exact) mass is 354 g/mol. The molecular formula is C12H8BrF5N2. The van der Waals surface area contributed by atoms with E-state index in [1.165, 1.54) is 0 Å². The van der Waals surface area contributed by atoms with Gasteiger partial charge in [0.15, 0.2) is 5.82 Å². The number of hydrogen-bond donors (Lipinski definition) is 1. The fraction of sp³-hybridized carbons (Fsp3) is 0.250. The van der Waals surface area contributed by atoms with E-state index in [0.29, 0.717) is 6.07 Å². The number of hydrogen-bond acceptors (Lipinski definition) is 2. The van der Waals surface area contributed by atoms with Crippen molar-refractivity contribution in [2.75, 3.05) is 11.9 Å². The van der Waals surface area contributed by atoms with Crippen molar-refractivity contribution in [3.8, 4) is 0 Å². The van der Waals surface area contributed by atoms with Crippen molar-refractivity contribution in [1.29, 1.82) is 0 Å². The van der Waals surface area contributed by atoms with Crippen LogP contribution in [0.25, 0.3) is 10.9 Å². The largest absolute Gasteiger partial charge is 0.433 e. The molecule has 2 nitrogen and oxygen atoms in total. The minimum absolute atomic E-state index is 0.150. The Kier molecular flexibility index (Phi) is 3.86. The lowest BCUT2D eigenvalue weighted by Crippen LogP contribution is -2.11. The van der Waals surface area contributed by atoms with Gasteiger partial charge in [0.1, 0.15) is 17.0 Å². The Balaban J connectivity index is 2.89. The van der Waals surface area contributed by atoms with Gasteiger partial charge in [0.25, 0.3) is 0 Å². The summed E-state index contributed by atoms with van der Waals surface area (Å²) in [6, 6.07) is 1.42. The first kappa shape index (κ1) is 15.0. The third kappa shape index (κ3) is 2.56. The van der Waals surface area contributed by atoms with E-state index >= 15 is 0 Å². The molecule has 0 aliphatic rings. The minimum atomic E-state index is -4.74. The SMILES string of the molecule is CCNc1cc(C(F)(F)F)nc2c(F)cc(Br)c(F)c12. The molecule has 0 aliphatic heterocycles. The van der Waals surface area contributed by atoms with Gasteiger partial charge in [-0.15, -0.1) is 0 Å². The number of alkyl halides is 3. The van der Waals surface area contributed by atoms with Gasteiger partial charge in [-0.25, -0.2) is 13.8 Å². The van der Waals surface area contributed by atoms with Crippen LogP contribution in [0.4, 0.5) is 27.6 Å². The van der Waals surface area contributed by atoms with Crippen molar-refractivity contribution < 1.29 is 22.0 Å². The van der Waals surface area contributed by atoms with E-state index < -0.39 is 29.0 Å². The number of pyridine rings is 1. The van der Waals surface area contributed by atoms with Crippen LogP contribution in [0.15, 0.2) is 16.6 Å². The molecule has 0 aliphatic carbocycles. The first-order chi connectivity index (χ1) is 9.25. The second-order valence-electron chi connectivity index (χ2n) is 3.96. The summed E-state index contributed by atoms with van der Waals surface area (Å²) < 4.78 is 65.8. The number of halogens is 6. The van der Waals surface area contributed by atoms with E-state index in [-0.39, 0.29) is 22.1 Å². The molecule has 1 N–H and O–H groups in total. The van der Waals surface area contributed by atoms with Crippen molar-refractivity contribution >= 4 is 32.5 Å². The fourth-order valence-corrected chi connectivity index (χ4v) is 2.18. The number of fused-ring (bicyclic) bond motifs is 1. The van der Waals surface area contributed by atoms with Gasteiger partial charge in [0, 0.05) is 12.2 Å². The minimum Gasteiger partial charge on any atom is -0.385 e. The molecular weight excluding hydrogens is 347 g/mol. The van der Waals surface area contributed by atoms with Crippen LogP contribution >= 0.6 is 15.9 Å². The van der Waals surface area contributed by atoms with Crippen molar-refractivity contribution in [2.24, 2.45) is 0 Å². The normalized spacial score (nSPS) is 11.9. The lowest BCUT2D eigenvalue weighted by atomic mass is 10.1. The zero-order valence-electron chi connectivity index (χ0n) is 10.1. The molecule has 0 spiro atoms. The van der Waals surface area contributed by atoms with Gasteiger partial charge in [-0.05, 0) is 35.0 Å². The fourth-order valence-electron chi connectivity index (χ4n) is 1.78. The molecule has 0 saturated carbocycles. The standard InChI is InChI=1S/C12H8BrF5N2/c1-2-19-7-4-8(12(16,17)18)20-11-6(14)3-5(13)10(15)9(7)11/h3-4H,2H2,1H3,(H,19,20). The molecule has 1 aromatic heterocycles. The summed E-state index contributed by atoms with van der Waals surface area (Å²) in [5, 5.41) is 2.28. The number of anilines is 1. The molecule has 108 valence electrons. The number of rotatable bonds is 2. The number of nitrogens with one attached hydrogen (secondary N) is 1. The molecule has 1 heterocycles. The molecule has 0 radical (unpaired) electrons. The summed E-state index contributed by atoms with van der Waals surface area (Å²) in [6.07, 6.45) is -4.74. The lowest BCUT2D eigenvalue weighted by Gasteiger charge is -2.14. The Hall–Kier alpha value is -1.44. The van der Waals surface area contributed by atoms with E-state index in [4.69, 9.17) is 0 Å². The summed E-state index contributed by atoms with van der Waals surface area (Å²) in [7, 11) is 0. The quantitative estimate of drug-likeness (QED) is 0.623. The van der Waals surface area contributed by atoms with Crippen LogP contribution in [0.1, 0.15) is 12.6 Å². The molecule has 0 bridgehead atoms. The van der Waals surface area contributed by atoms with Gasteiger partial charge >= 0.3 is 6.18 Å². The maximum Gasteiger partial charge on any atom is 0.433 e. The van der Waals surface area contributed by atoms with E-state index in [1.54, 1.807) is 6.92 Å². The van der Waals surface area contributed by atoms with Crippen molar-refractivity contribution in [2.45, 2.75) is 13.1 Å². The summed E-state index contributed by atoms with van der Waals surface area (Å²) in [5.41, 5.74) is -2.08. The Morgan fingerprint density at radius 1 is 1.25 bits per heavy atom. The zero-order valence-corrected chi connectivity index (χ0v) is 11.7. The maximum atomic E-state index is 14.0. The molecule has 8 heteroatoms. The molecule has 0 saturated heterocycles. The Bertz CT molecular complexity index is 669. The average molecular weight is 355 g/mol. The molecule has 1 aromatic carbocycles. The van der Waals surface area contributed by atoms with E-state index in [9.17, 15) is 22.0 Å². The number of aromatic nitrogens is 1. The first-order valence-electron chi connectivity index (χ1n) is 5.55. The Morgan fingerprint density at radius 3 is 2.45 bits per heavy atom. The Morgan fingerprint density at radius 2 is 1.90 bits per heavy atom. The van der Waals surface area contributed by atoms with Crippen LogP contribution in [0.5, 0.6) is 0 Å². The molecule has 0 amide bonds. The number of benzene rings is 1. The van der Waals surface area contributed by atoms with E-state index in [0.717, 1.165) is 6.07 Å². The van der Waals surface area contributed by atoms with Crippen molar-refractivity contribution in [3.05, 3.63) is 33.9 Å². The van der Waals surface area contributed by atoms with Crippen LogP contribution in [0.3, 0.4) is 0 Å². The van der Waals surface area contributed by atoms with Crippen LogP contribution in [0, 0.1) is 11.6 Å². The lowest BCUT2D eigenvalue weighted by molar-refractivity contribution is -0.140. The smallest absolute Gasteiger partial charge is 0.385 e. The van der Waals surface area contributed by atoms with Crippen LogP contribution in [0.2, 0.25) is 0 Å². The van der Waals surface area contributed by atoms with E-state index in [2.05, 4.69) is 26.2 Å². The Labute approximate surface area is 119 Å². The van der Waals surface area contributed by atoms with Gasteiger partial charge in [-0.2, -0.15) is 13.2 Å². The highest BCUT2D eigenvalue weighted by Crippen LogP contribution is 2.36. The van der Waals surface area contributed by atoms with E-state index in [1.807, 2.05) is 0 Å². The molecule has 2 rings (SSSR count). The maximum absolute atomic E-state index is 14.0. The molecule has 0 atom stereocenters. The zero-order chi connectivity index (χ0) is 15.1. The highest BCUT2D eigenvalue weighted by atomic mass is 79.9. The predicted molar refractivity (Wildman–Crippen MR) is 68.5 cm³/mol. The highest BCUT2D eigenvalue weighted by Gasteiger charge is 2.34. The van der Waals surface area contributed by atoms with Crippen molar-refractivity contribution in [1.82, 2.24) is 4.98 Å². The second kappa shape index (κ2) is 5.16. The molecule has 0 fully saturated rings. The van der Waals surface area contributed by atoms with Gasteiger partial charge < -0.3 is 5.32 Å². The van der Waals surface area contributed by atoms with Gasteiger partial charge in [0.05, 0.1) is 9.86 Å². The molecule has 2 aromatic rings.